The van der Waals surface area contributed by atoms with Crippen LogP contribution < -0.4 is 9.64 Å². The fourth-order valence-electron chi connectivity index (χ4n) is 5.02. The third kappa shape index (κ3) is 7.58. The van der Waals surface area contributed by atoms with Gasteiger partial charge in [0, 0.05) is 68.2 Å². The van der Waals surface area contributed by atoms with Gasteiger partial charge in [0.25, 0.3) is 5.91 Å². The van der Waals surface area contributed by atoms with E-state index in [1.54, 1.807) is 12.3 Å². The summed E-state index contributed by atoms with van der Waals surface area (Å²) in [5, 5.41) is 0.724. The molecule has 0 saturated heterocycles. The molecule has 5 rings (SSSR count). The number of hydrogen-bond donors (Lipinski definition) is 0. The topological polar surface area (TPSA) is 66.0 Å². The molecule has 1 aliphatic heterocycles. The molecule has 39 heavy (non-hydrogen) atoms. The van der Waals surface area contributed by atoms with Gasteiger partial charge in [-0.25, -0.2) is 4.98 Å². The number of ether oxygens (including phenoxy) is 1. The van der Waals surface area contributed by atoms with Crippen LogP contribution in [-0.4, -0.2) is 59.4 Å². The van der Waals surface area contributed by atoms with Gasteiger partial charge in [-0.1, -0.05) is 48.0 Å². The number of nitrogens with zero attached hydrogens (tertiary/aromatic N) is 4. The number of amides is 2. The Kier molecular flexibility index (Phi) is 9.12. The summed E-state index contributed by atoms with van der Waals surface area (Å²) in [4.78, 5) is 37.2. The van der Waals surface area contributed by atoms with E-state index in [4.69, 9.17) is 16.3 Å². The third-order valence-electron chi connectivity index (χ3n) is 7.25. The van der Waals surface area contributed by atoms with E-state index in [-0.39, 0.29) is 24.3 Å². The summed E-state index contributed by atoms with van der Waals surface area (Å²) >= 11 is 6.10. The van der Waals surface area contributed by atoms with E-state index in [1.807, 2.05) is 58.3 Å². The van der Waals surface area contributed by atoms with E-state index < -0.39 is 0 Å². The zero-order valence-corrected chi connectivity index (χ0v) is 22.9. The predicted molar refractivity (Wildman–Crippen MR) is 153 cm³/mol. The second-order valence-corrected chi connectivity index (χ2v) is 10.7. The Morgan fingerprint density at radius 1 is 0.897 bits per heavy atom. The fraction of sp³-hybridized carbons (Fsp3) is 0.387. The zero-order chi connectivity index (χ0) is 27.0. The number of fused-ring (bicyclic) bond motifs is 1. The molecule has 0 N–H and O–H groups in total. The minimum absolute atomic E-state index is 0.0849. The Hall–Kier alpha value is -3.42. The lowest BCUT2D eigenvalue weighted by Crippen LogP contribution is -2.40. The van der Waals surface area contributed by atoms with Crippen molar-refractivity contribution in [2.45, 2.75) is 38.8 Å². The van der Waals surface area contributed by atoms with Crippen LogP contribution in [0.2, 0.25) is 5.02 Å². The van der Waals surface area contributed by atoms with Gasteiger partial charge >= 0.3 is 0 Å². The van der Waals surface area contributed by atoms with Crippen LogP contribution in [0.25, 0.3) is 0 Å². The average molecular weight is 547 g/mol. The van der Waals surface area contributed by atoms with Crippen molar-refractivity contribution in [3.8, 4) is 5.88 Å². The highest BCUT2D eigenvalue weighted by Gasteiger charge is 2.35. The Balaban J connectivity index is 1.37. The molecule has 3 aromatic rings. The SMILES string of the molecule is O=C(COc1ccccn1)N1CCCN(Cc2ccc(Cl)cc2)CCCN(C(=O)C2CC2)c2ccccc2C1. The number of aromatic nitrogens is 1. The van der Waals surface area contributed by atoms with Crippen LogP contribution in [0, 0.1) is 5.92 Å². The van der Waals surface area contributed by atoms with E-state index in [0.29, 0.717) is 25.5 Å². The van der Waals surface area contributed by atoms with Gasteiger partial charge in [-0.3, -0.25) is 14.5 Å². The minimum Gasteiger partial charge on any atom is -0.468 e. The molecule has 1 aromatic heterocycles. The van der Waals surface area contributed by atoms with Crippen molar-refractivity contribution in [3.05, 3.63) is 89.1 Å². The highest BCUT2D eigenvalue weighted by atomic mass is 35.5. The molecule has 1 aliphatic carbocycles. The third-order valence-corrected chi connectivity index (χ3v) is 7.50. The lowest BCUT2D eigenvalue weighted by atomic mass is 10.1. The molecule has 0 unspecified atom stereocenters. The maximum atomic E-state index is 13.4. The van der Waals surface area contributed by atoms with Gasteiger partial charge in [0.1, 0.15) is 0 Å². The van der Waals surface area contributed by atoms with E-state index in [9.17, 15) is 9.59 Å². The Morgan fingerprint density at radius 2 is 1.64 bits per heavy atom. The van der Waals surface area contributed by atoms with Gasteiger partial charge in [-0.15, -0.1) is 0 Å². The molecule has 0 bridgehead atoms. The second-order valence-electron chi connectivity index (χ2n) is 10.3. The molecule has 2 aliphatic rings. The number of hydrogen-bond acceptors (Lipinski definition) is 5. The first-order chi connectivity index (χ1) is 19.1. The number of para-hydroxylation sites is 1. The van der Waals surface area contributed by atoms with Gasteiger partial charge in [-0.2, -0.15) is 0 Å². The maximum absolute atomic E-state index is 13.4. The summed E-state index contributed by atoms with van der Waals surface area (Å²) < 4.78 is 5.70. The molecule has 7 nitrogen and oxygen atoms in total. The van der Waals surface area contributed by atoms with Gasteiger partial charge in [0.2, 0.25) is 11.8 Å². The van der Waals surface area contributed by atoms with Crippen LogP contribution >= 0.6 is 11.6 Å². The van der Waals surface area contributed by atoms with Gasteiger partial charge in [0.15, 0.2) is 6.61 Å². The van der Waals surface area contributed by atoms with Crippen LogP contribution in [0.4, 0.5) is 5.69 Å². The van der Waals surface area contributed by atoms with E-state index in [0.717, 1.165) is 61.6 Å². The van der Waals surface area contributed by atoms with Crippen molar-refractivity contribution in [1.29, 1.82) is 0 Å². The lowest BCUT2D eigenvalue weighted by Gasteiger charge is -2.32. The van der Waals surface area contributed by atoms with Crippen molar-refractivity contribution < 1.29 is 14.3 Å². The molecular weight excluding hydrogens is 512 g/mol. The number of pyridine rings is 1. The quantitative estimate of drug-likeness (QED) is 0.426. The van der Waals surface area contributed by atoms with Gasteiger partial charge in [-0.05, 0) is 61.1 Å². The largest absolute Gasteiger partial charge is 0.468 e. The fourth-order valence-corrected chi connectivity index (χ4v) is 5.15. The van der Waals surface area contributed by atoms with Crippen LogP contribution in [0.3, 0.4) is 0 Å². The van der Waals surface area contributed by atoms with Crippen molar-refractivity contribution in [2.24, 2.45) is 5.92 Å². The zero-order valence-electron chi connectivity index (χ0n) is 22.2. The minimum atomic E-state index is -0.100. The molecule has 204 valence electrons. The molecule has 0 radical (unpaired) electrons. The summed E-state index contributed by atoms with van der Waals surface area (Å²) in [5.41, 5.74) is 3.08. The lowest BCUT2D eigenvalue weighted by molar-refractivity contribution is -0.134. The number of carbonyl (C=O) groups excluding carboxylic acids is 2. The Labute approximate surface area is 235 Å². The molecular formula is C31H35ClN4O3. The van der Waals surface area contributed by atoms with Crippen LogP contribution in [-0.2, 0) is 22.7 Å². The first-order valence-corrected chi connectivity index (χ1v) is 14.1. The molecule has 1 fully saturated rings. The first kappa shape index (κ1) is 27.2. The van der Waals surface area contributed by atoms with Crippen molar-refractivity contribution in [2.75, 3.05) is 37.7 Å². The average Bonchev–Trinajstić information content (AvgIpc) is 3.80. The molecule has 2 heterocycles. The summed E-state index contributed by atoms with van der Waals surface area (Å²) in [6.45, 7) is 4.07. The normalized spacial score (nSPS) is 17.1. The Bertz CT molecular complexity index is 1250. The predicted octanol–water partition coefficient (Wildman–Crippen LogP) is 5.18. The second kappa shape index (κ2) is 13.1. The number of carbonyl (C=O) groups is 2. The van der Waals surface area contributed by atoms with Crippen molar-refractivity contribution >= 4 is 29.1 Å². The summed E-state index contributed by atoms with van der Waals surface area (Å²) in [6.07, 6.45) is 5.26. The number of rotatable bonds is 6. The maximum Gasteiger partial charge on any atom is 0.260 e. The summed E-state index contributed by atoms with van der Waals surface area (Å²) in [5.74, 6) is 0.633. The van der Waals surface area contributed by atoms with Crippen molar-refractivity contribution in [3.63, 3.8) is 0 Å². The molecule has 2 amide bonds. The molecule has 1 saturated carbocycles. The number of benzene rings is 2. The Morgan fingerprint density at radius 3 is 2.38 bits per heavy atom. The number of halogens is 1. The molecule has 0 spiro atoms. The standard InChI is InChI=1S/C31H35ClN4O3/c32-27-14-10-24(11-15-27)21-34-17-5-19-35(30(37)23-39-29-9-3-4-16-33-29)22-26-7-1-2-8-28(26)36(20-6-18-34)31(38)25-12-13-25/h1-4,7-11,14-16,25H,5-6,12-13,17-23H2. The van der Waals surface area contributed by atoms with Crippen molar-refractivity contribution in [1.82, 2.24) is 14.8 Å². The van der Waals surface area contributed by atoms with Crippen LogP contribution in [0.5, 0.6) is 5.88 Å². The monoisotopic (exact) mass is 546 g/mol. The van der Waals surface area contributed by atoms with E-state index in [1.165, 1.54) is 5.56 Å². The first-order valence-electron chi connectivity index (χ1n) is 13.7. The van der Waals surface area contributed by atoms with Crippen LogP contribution in [0.1, 0.15) is 36.8 Å². The van der Waals surface area contributed by atoms with E-state index >= 15 is 0 Å². The molecule has 8 heteroatoms. The van der Waals surface area contributed by atoms with Crippen LogP contribution in [0.15, 0.2) is 72.9 Å². The highest BCUT2D eigenvalue weighted by molar-refractivity contribution is 6.30. The number of anilines is 1. The smallest absolute Gasteiger partial charge is 0.260 e. The summed E-state index contributed by atoms with van der Waals surface area (Å²) in [6, 6.07) is 21.3. The van der Waals surface area contributed by atoms with Gasteiger partial charge < -0.3 is 14.5 Å². The van der Waals surface area contributed by atoms with Gasteiger partial charge in [0.05, 0.1) is 0 Å². The molecule has 2 aromatic carbocycles. The molecule has 0 atom stereocenters. The highest BCUT2D eigenvalue weighted by Crippen LogP contribution is 2.34. The van der Waals surface area contributed by atoms with E-state index in [2.05, 4.69) is 22.0 Å². The summed E-state index contributed by atoms with van der Waals surface area (Å²) in [7, 11) is 0.